The van der Waals surface area contributed by atoms with Gasteiger partial charge in [0.1, 0.15) is 4.88 Å². The Morgan fingerprint density at radius 3 is 3.20 bits per heavy atom. The first-order chi connectivity index (χ1) is 9.69. The van der Waals surface area contributed by atoms with Crippen LogP contribution in [0.3, 0.4) is 0 Å². The lowest BCUT2D eigenvalue weighted by Crippen LogP contribution is -2.31. The van der Waals surface area contributed by atoms with E-state index in [1.54, 1.807) is 11.7 Å². The van der Waals surface area contributed by atoms with Crippen molar-refractivity contribution in [2.75, 3.05) is 26.2 Å². The predicted octanol–water partition coefficient (Wildman–Crippen LogP) is 2.55. The molecule has 5 heteroatoms. The molecule has 0 bridgehead atoms. The van der Waals surface area contributed by atoms with Crippen LogP contribution in [0.4, 0.5) is 0 Å². The van der Waals surface area contributed by atoms with Gasteiger partial charge in [0.15, 0.2) is 0 Å². The van der Waals surface area contributed by atoms with E-state index in [4.69, 9.17) is 0 Å². The van der Waals surface area contributed by atoms with Gasteiger partial charge >= 0.3 is 0 Å². The zero-order chi connectivity index (χ0) is 14.4. The smallest absolute Gasteiger partial charge is 0.263 e. The largest absolute Gasteiger partial charge is 0.351 e. The second-order valence-corrected chi connectivity index (χ2v) is 6.31. The Labute approximate surface area is 124 Å². The average molecular weight is 293 g/mol. The van der Waals surface area contributed by atoms with E-state index < -0.39 is 0 Å². The van der Waals surface area contributed by atoms with Crippen molar-refractivity contribution < 1.29 is 4.79 Å². The van der Waals surface area contributed by atoms with Gasteiger partial charge in [0.25, 0.3) is 5.91 Å². The van der Waals surface area contributed by atoms with Gasteiger partial charge in [-0.1, -0.05) is 18.6 Å². The summed E-state index contributed by atoms with van der Waals surface area (Å²) in [7, 11) is 0. The second kappa shape index (κ2) is 7.55. The summed E-state index contributed by atoms with van der Waals surface area (Å²) < 4.78 is 0. The normalized spacial score (nSPS) is 20.3. The third kappa shape index (κ3) is 4.42. The molecule has 0 spiro atoms. The zero-order valence-electron chi connectivity index (χ0n) is 12.3. The van der Waals surface area contributed by atoms with Gasteiger partial charge in [-0.3, -0.25) is 14.7 Å². The van der Waals surface area contributed by atoms with Crippen LogP contribution in [0.1, 0.15) is 36.4 Å². The second-order valence-electron chi connectivity index (χ2n) is 5.42. The summed E-state index contributed by atoms with van der Waals surface area (Å²) in [5, 5.41) is 3.02. The monoisotopic (exact) mass is 293 g/mol. The minimum Gasteiger partial charge on any atom is -0.351 e. The van der Waals surface area contributed by atoms with Gasteiger partial charge < -0.3 is 5.32 Å². The van der Waals surface area contributed by atoms with Crippen molar-refractivity contribution in [3.05, 3.63) is 28.2 Å². The number of carbonyl (C=O) groups is 1. The Morgan fingerprint density at radius 1 is 1.65 bits per heavy atom. The van der Waals surface area contributed by atoms with Crippen LogP contribution in [0.2, 0.25) is 0 Å². The lowest BCUT2D eigenvalue weighted by molar-refractivity contribution is 0.0951. The number of nitrogens with zero attached hydrogens (tertiary/aromatic N) is 2. The molecule has 110 valence electrons. The summed E-state index contributed by atoms with van der Waals surface area (Å²) in [4.78, 5) is 18.9. The van der Waals surface area contributed by atoms with Crippen molar-refractivity contribution >= 4 is 17.2 Å². The molecule has 2 rings (SSSR count). The third-order valence-corrected chi connectivity index (χ3v) is 4.37. The molecule has 2 heterocycles. The van der Waals surface area contributed by atoms with Crippen LogP contribution in [0, 0.1) is 5.92 Å². The molecule has 1 aromatic heterocycles. The van der Waals surface area contributed by atoms with Gasteiger partial charge in [0.05, 0.1) is 11.7 Å². The van der Waals surface area contributed by atoms with Crippen LogP contribution in [0.5, 0.6) is 0 Å². The molecule has 1 aliphatic rings. The fourth-order valence-corrected chi connectivity index (χ4v) is 3.18. The SMILES string of the molecule is CC/C=C(\C)CN1CC[C@@H](CNC(=O)c2cncs2)C1. The highest BCUT2D eigenvalue weighted by Crippen LogP contribution is 2.17. The molecular weight excluding hydrogens is 270 g/mol. The Morgan fingerprint density at radius 2 is 2.50 bits per heavy atom. The first-order valence-electron chi connectivity index (χ1n) is 7.23. The van der Waals surface area contributed by atoms with Crippen molar-refractivity contribution in [1.82, 2.24) is 15.2 Å². The van der Waals surface area contributed by atoms with E-state index in [1.165, 1.54) is 23.3 Å². The summed E-state index contributed by atoms with van der Waals surface area (Å²) >= 11 is 1.39. The van der Waals surface area contributed by atoms with Crippen molar-refractivity contribution in [3.8, 4) is 0 Å². The van der Waals surface area contributed by atoms with Gasteiger partial charge in [-0.15, -0.1) is 11.3 Å². The maximum Gasteiger partial charge on any atom is 0.263 e. The van der Waals surface area contributed by atoms with Crippen LogP contribution in [0.15, 0.2) is 23.4 Å². The van der Waals surface area contributed by atoms with Gasteiger partial charge in [-0.05, 0) is 32.2 Å². The van der Waals surface area contributed by atoms with E-state index in [-0.39, 0.29) is 5.91 Å². The maximum absolute atomic E-state index is 11.8. The first kappa shape index (κ1) is 15.2. The zero-order valence-corrected chi connectivity index (χ0v) is 13.1. The van der Waals surface area contributed by atoms with Crippen LogP contribution >= 0.6 is 11.3 Å². The minimum absolute atomic E-state index is 0.00742. The molecule has 1 saturated heterocycles. The summed E-state index contributed by atoms with van der Waals surface area (Å²) in [5.41, 5.74) is 3.14. The lowest BCUT2D eigenvalue weighted by atomic mass is 10.1. The lowest BCUT2D eigenvalue weighted by Gasteiger charge is -2.16. The van der Waals surface area contributed by atoms with E-state index in [9.17, 15) is 4.79 Å². The van der Waals surface area contributed by atoms with Crippen LogP contribution in [-0.4, -0.2) is 42.0 Å². The summed E-state index contributed by atoms with van der Waals surface area (Å²) in [5.74, 6) is 0.578. The Balaban J connectivity index is 1.71. The van der Waals surface area contributed by atoms with Gasteiger partial charge in [0.2, 0.25) is 0 Å². The van der Waals surface area contributed by atoms with E-state index in [0.717, 1.165) is 32.6 Å². The number of amides is 1. The average Bonchev–Trinajstić information content (AvgIpc) is 3.07. The minimum atomic E-state index is 0.00742. The van der Waals surface area contributed by atoms with Crippen LogP contribution < -0.4 is 5.32 Å². The molecule has 0 aromatic carbocycles. The summed E-state index contributed by atoms with van der Waals surface area (Å²) in [6, 6.07) is 0. The Hall–Kier alpha value is -1.20. The first-order valence-corrected chi connectivity index (χ1v) is 8.11. The number of nitrogens with one attached hydrogen (secondary N) is 1. The number of carbonyl (C=O) groups excluding carboxylic acids is 1. The van der Waals surface area contributed by atoms with Crippen LogP contribution in [-0.2, 0) is 0 Å². The van der Waals surface area contributed by atoms with E-state index >= 15 is 0 Å². The summed E-state index contributed by atoms with van der Waals surface area (Å²) in [6.45, 7) is 8.42. The maximum atomic E-state index is 11.8. The number of aromatic nitrogens is 1. The predicted molar refractivity (Wildman–Crippen MR) is 83.0 cm³/mol. The molecule has 0 radical (unpaired) electrons. The van der Waals surface area contributed by atoms with E-state index in [2.05, 4.69) is 35.1 Å². The fourth-order valence-electron chi connectivity index (χ4n) is 2.64. The number of thiazole rings is 1. The number of allylic oxidation sites excluding steroid dienone is 1. The fraction of sp³-hybridized carbons (Fsp3) is 0.600. The molecule has 0 saturated carbocycles. The molecule has 20 heavy (non-hydrogen) atoms. The molecule has 1 fully saturated rings. The van der Waals surface area contributed by atoms with Crippen molar-refractivity contribution in [3.63, 3.8) is 0 Å². The number of likely N-dealkylation sites (tertiary alicyclic amines) is 1. The number of rotatable bonds is 6. The van der Waals surface area contributed by atoms with Crippen molar-refractivity contribution in [2.24, 2.45) is 5.92 Å². The molecule has 1 aliphatic heterocycles. The van der Waals surface area contributed by atoms with Gasteiger partial charge in [0, 0.05) is 19.6 Å². The molecule has 0 aliphatic carbocycles. The highest BCUT2D eigenvalue weighted by Gasteiger charge is 2.22. The molecule has 0 unspecified atom stereocenters. The Bertz CT molecular complexity index is 456. The molecule has 1 atom stereocenters. The molecule has 1 aromatic rings. The standard InChI is InChI=1S/C15H23N3OS/c1-3-4-12(2)9-18-6-5-13(10-18)7-17-15(19)14-8-16-11-20-14/h4,8,11,13H,3,5-7,9-10H2,1-2H3,(H,17,19)/b12-4+/t13-/m0/s1. The Kier molecular flexibility index (Phi) is 5.73. The summed E-state index contributed by atoms with van der Waals surface area (Å²) in [6.07, 6.45) is 6.19. The molecule has 1 N–H and O–H groups in total. The van der Waals surface area contributed by atoms with Crippen molar-refractivity contribution in [1.29, 1.82) is 0 Å². The molecular formula is C15H23N3OS. The topological polar surface area (TPSA) is 45.2 Å². The van der Waals surface area contributed by atoms with Crippen LogP contribution in [0.25, 0.3) is 0 Å². The van der Waals surface area contributed by atoms with Crippen molar-refractivity contribution in [2.45, 2.75) is 26.7 Å². The van der Waals surface area contributed by atoms with E-state index in [1.807, 2.05) is 0 Å². The van der Waals surface area contributed by atoms with Gasteiger partial charge in [-0.25, -0.2) is 0 Å². The molecule has 4 nitrogen and oxygen atoms in total. The number of hydrogen-bond donors (Lipinski definition) is 1. The quantitative estimate of drug-likeness (QED) is 0.820. The third-order valence-electron chi connectivity index (χ3n) is 3.60. The van der Waals surface area contributed by atoms with Gasteiger partial charge in [-0.2, -0.15) is 0 Å². The number of hydrogen-bond acceptors (Lipinski definition) is 4. The van der Waals surface area contributed by atoms with E-state index in [0.29, 0.717) is 10.8 Å². The highest BCUT2D eigenvalue weighted by atomic mass is 32.1. The molecule has 1 amide bonds. The highest BCUT2D eigenvalue weighted by molar-refractivity contribution is 7.11.